The minimum absolute atomic E-state index is 0.0988. The van der Waals surface area contributed by atoms with Gasteiger partial charge in [-0.3, -0.25) is 9.36 Å². The Bertz CT molecular complexity index is 879. The number of aryl methyl sites for hydroxylation is 1. The summed E-state index contributed by atoms with van der Waals surface area (Å²) in [5.74, 6) is 0.988. The number of thiophene rings is 1. The van der Waals surface area contributed by atoms with E-state index in [2.05, 4.69) is 11.1 Å². The summed E-state index contributed by atoms with van der Waals surface area (Å²) in [7, 11) is 0. The van der Waals surface area contributed by atoms with Crippen LogP contribution in [0, 0.1) is 6.92 Å². The highest BCUT2D eigenvalue weighted by atomic mass is 32.2. The maximum Gasteiger partial charge on any atom is 0.261 e. The molecule has 3 aromatic rings. The van der Waals surface area contributed by atoms with Gasteiger partial charge in [-0.05, 0) is 42.5 Å². The van der Waals surface area contributed by atoms with E-state index in [0.29, 0.717) is 0 Å². The van der Waals surface area contributed by atoms with Crippen LogP contribution in [0.15, 0.2) is 39.5 Å². The van der Waals surface area contributed by atoms with E-state index >= 15 is 0 Å². The number of hydrogen-bond donors (Lipinski definition) is 0. The molecule has 0 saturated heterocycles. The van der Waals surface area contributed by atoms with E-state index in [9.17, 15) is 4.79 Å². The molecule has 0 N–H and O–H groups in total. The zero-order valence-electron chi connectivity index (χ0n) is 10.9. The molecular formula is C15H12N2OS2. The van der Waals surface area contributed by atoms with Crippen LogP contribution in [0.3, 0.4) is 0 Å². The predicted octanol–water partition coefficient (Wildman–Crippen LogP) is 3.40. The monoisotopic (exact) mass is 300 g/mol. The van der Waals surface area contributed by atoms with Gasteiger partial charge in [-0.1, -0.05) is 0 Å². The molecule has 0 amide bonds. The molecule has 0 aliphatic carbocycles. The van der Waals surface area contributed by atoms with E-state index in [0.717, 1.165) is 44.2 Å². The van der Waals surface area contributed by atoms with Crippen molar-refractivity contribution in [2.24, 2.45) is 0 Å². The standard InChI is InChI=1S/C15H12N2OS2/c1-9-4-7-20-15(9)17-13-10(3-2-6-16-13)12-11(14(17)18)5-8-19-12/h2-4,6-7H,5,8H2,1H3. The summed E-state index contributed by atoms with van der Waals surface area (Å²) >= 11 is 3.37. The van der Waals surface area contributed by atoms with E-state index in [-0.39, 0.29) is 5.56 Å². The third-order valence-corrected chi connectivity index (χ3v) is 5.78. The average Bonchev–Trinajstić information content (AvgIpc) is 3.09. The Kier molecular flexibility index (Phi) is 2.72. The maximum absolute atomic E-state index is 12.8. The molecular weight excluding hydrogens is 288 g/mol. The number of hydrogen-bond acceptors (Lipinski definition) is 4. The van der Waals surface area contributed by atoms with Gasteiger partial charge in [0.1, 0.15) is 10.6 Å². The summed E-state index contributed by atoms with van der Waals surface area (Å²) in [5, 5.41) is 4.10. The van der Waals surface area contributed by atoms with E-state index < -0.39 is 0 Å². The van der Waals surface area contributed by atoms with Crippen LogP contribution >= 0.6 is 23.1 Å². The first-order valence-electron chi connectivity index (χ1n) is 6.47. The second-order valence-corrected chi connectivity index (χ2v) is 6.83. The number of fused-ring (bicyclic) bond motifs is 3. The van der Waals surface area contributed by atoms with Crippen LogP contribution in [0.5, 0.6) is 0 Å². The minimum atomic E-state index is 0.0988. The number of rotatable bonds is 1. The molecule has 1 aliphatic rings. The molecule has 4 heterocycles. The molecule has 3 nitrogen and oxygen atoms in total. The van der Waals surface area contributed by atoms with Crippen LogP contribution in [-0.4, -0.2) is 15.3 Å². The number of pyridine rings is 2. The fourth-order valence-electron chi connectivity index (χ4n) is 2.67. The Morgan fingerprint density at radius 3 is 3.05 bits per heavy atom. The Morgan fingerprint density at radius 1 is 1.35 bits per heavy atom. The Balaban J connectivity index is 2.22. The van der Waals surface area contributed by atoms with E-state index in [1.165, 1.54) is 0 Å². The molecule has 0 fully saturated rings. The molecule has 0 saturated carbocycles. The molecule has 5 heteroatoms. The second kappa shape index (κ2) is 4.46. The summed E-state index contributed by atoms with van der Waals surface area (Å²) in [5.41, 5.74) is 2.94. The summed E-state index contributed by atoms with van der Waals surface area (Å²) in [6.07, 6.45) is 2.61. The number of aromatic nitrogens is 2. The van der Waals surface area contributed by atoms with Crippen molar-refractivity contribution in [3.63, 3.8) is 0 Å². The zero-order valence-corrected chi connectivity index (χ0v) is 12.6. The molecule has 4 rings (SSSR count). The number of thioether (sulfide) groups is 1. The molecule has 0 unspecified atom stereocenters. The molecule has 20 heavy (non-hydrogen) atoms. The smallest absolute Gasteiger partial charge is 0.261 e. The van der Waals surface area contributed by atoms with Gasteiger partial charge < -0.3 is 0 Å². The number of nitrogens with zero attached hydrogens (tertiary/aromatic N) is 2. The van der Waals surface area contributed by atoms with Crippen molar-refractivity contribution >= 4 is 34.1 Å². The quantitative estimate of drug-likeness (QED) is 0.691. The van der Waals surface area contributed by atoms with Crippen molar-refractivity contribution in [3.05, 3.63) is 51.3 Å². The minimum Gasteiger partial charge on any atom is -0.269 e. The van der Waals surface area contributed by atoms with Gasteiger partial charge in [0.15, 0.2) is 0 Å². The molecule has 0 spiro atoms. The Morgan fingerprint density at radius 2 is 2.25 bits per heavy atom. The zero-order chi connectivity index (χ0) is 13.7. The van der Waals surface area contributed by atoms with E-state index in [4.69, 9.17) is 0 Å². The van der Waals surface area contributed by atoms with E-state index in [1.807, 2.05) is 24.4 Å². The molecule has 1 aliphatic heterocycles. The highest BCUT2D eigenvalue weighted by Crippen LogP contribution is 2.36. The predicted molar refractivity (Wildman–Crippen MR) is 84.4 cm³/mol. The summed E-state index contributed by atoms with van der Waals surface area (Å²) < 4.78 is 1.79. The van der Waals surface area contributed by atoms with Crippen molar-refractivity contribution in [2.45, 2.75) is 18.2 Å². The van der Waals surface area contributed by atoms with Gasteiger partial charge in [-0.25, -0.2) is 4.98 Å². The summed E-state index contributed by atoms with van der Waals surface area (Å²) in [4.78, 5) is 18.4. The summed E-state index contributed by atoms with van der Waals surface area (Å²) in [6, 6.07) is 6.05. The maximum atomic E-state index is 12.8. The molecule has 0 aromatic carbocycles. The van der Waals surface area contributed by atoms with Gasteiger partial charge in [0.05, 0.1) is 0 Å². The van der Waals surface area contributed by atoms with Gasteiger partial charge in [0.25, 0.3) is 5.56 Å². The first-order valence-corrected chi connectivity index (χ1v) is 8.34. The van der Waals surface area contributed by atoms with Crippen molar-refractivity contribution in [1.29, 1.82) is 0 Å². The SMILES string of the molecule is Cc1ccsc1-n1c(=O)c2c(c3cccnc31)SCC2. The lowest BCUT2D eigenvalue weighted by Gasteiger charge is -2.12. The van der Waals surface area contributed by atoms with Crippen molar-refractivity contribution in [3.8, 4) is 5.00 Å². The molecule has 0 atom stereocenters. The molecule has 0 bridgehead atoms. The van der Waals surface area contributed by atoms with Gasteiger partial charge in [0.2, 0.25) is 0 Å². The Labute approximate surface area is 124 Å². The van der Waals surface area contributed by atoms with Gasteiger partial charge in [-0.2, -0.15) is 0 Å². The van der Waals surface area contributed by atoms with Crippen molar-refractivity contribution in [1.82, 2.24) is 9.55 Å². The van der Waals surface area contributed by atoms with Crippen molar-refractivity contribution < 1.29 is 0 Å². The second-order valence-electron chi connectivity index (χ2n) is 4.83. The average molecular weight is 300 g/mol. The lowest BCUT2D eigenvalue weighted by Crippen LogP contribution is -2.23. The lowest BCUT2D eigenvalue weighted by molar-refractivity contribution is 0.961. The Hall–Kier alpha value is -1.59. The fourth-order valence-corrected chi connectivity index (χ4v) is 4.78. The van der Waals surface area contributed by atoms with Crippen LogP contribution in [0.4, 0.5) is 0 Å². The third kappa shape index (κ3) is 1.60. The van der Waals surface area contributed by atoms with Crippen LogP contribution in [0.25, 0.3) is 16.0 Å². The first-order chi connectivity index (χ1) is 9.77. The third-order valence-electron chi connectivity index (χ3n) is 3.62. The fraction of sp³-hybridized carbons (Fsp3) is 0.200. The van der Waals surface area contributed by atoms with Gasteiger partial charge >= 0.3 is 0 Å². The molecule has 0 radical (unpaired) electrons. The molecule has 100 valence electrons. The highest BCUT2D eigenvalue weighted by molar-refractivity contribution is 7.99. The van der Waals surface area contributed by atoms with E-state index in [1.54, 1.807) is 33.9 Å². The first kappa shape index (κ1) is 12.2. The van der Waals surface area contributed by atoms with Gasteiger partial charge in [-0.15, -0.1) is 23.1 Å². The molecule has 3 aromatic heterocycles. The topological polar surface area (TPSA) is 34.9 Å². The highest BCUT2D eigenvalue weighted by Gasteiger charge is 2.23. The summed E-state index contributed by atoms with van der Waals surface area (Å²) in [6.45, 7) is 2.04. The lowest BCUT2D eigenvalue weighted by atomic mass is 10.1. The van der Waals surface area contributed by atoms with Crippen LogP contribution < -0.4 is 5.56 Å². The van der Waals surface area contributed by atoms with Gasteiger partial charge in [0, 0.05) is 27.8 Å². The van der Waals surface area contributed by atoms with Crippen LogP contribution in [0.1, 0.15) is 11.1 Å². The normalized spacial score (nSPS) is 13.8. The largest absolute Gasteiger partial charge is 0.269 e. The van der Waals surface area contributed by atoms with Crippen molar-refractivity contribution in [2.75, 3.05) is 5.75 Å². The van der Waals surface area contributed by atoms with Crippen LogP contribution in [0.2, 0.25) is 0 Å². The van der Waals surface area contributed by atoms with Crippen LogP contribution in [-0.2, 0) is 6.42 Å².